The van der Waals surface area contributed by atoms with Gasteiger partial charge in [-0.15, -0.1) is 0 Å². The molecule has 0 spiro atoms. The molecule has 124 valence electrons. The van der Waals surface area contributed by atoms with E-state index < -0.39 is 0 Å². The molecular weight excluding hydrogens is 300 g/mol. The van der Waals surface area contributed by atoms with Gasteiger partial charge in [-0.05, 0) is 37.1 Å². The molecule has 1 heterocycles. The normalized spacial score (nSPS) is 13.5. The number of carbonyl (C=O) groups is 1. The monoisotopic (exact) mass is 322 g/mol. The van der Waals surface area contributed by atoms with E-state index in [9.17, 15) is 4.79 Å². The van der Waals surface area contributed by atoms with Crippen molar-refractivity contribution in [1.82, 2.24) is 5.32 Å². The Morgan fingerprint density at radius 1 is 1.12 bits per heavy atom. The number of para-hydroxylation sites is 2. The zero-order valence-corrected chi connectivity index (χ0v) is 13.8. The van der Waals surface area contributed by atoms with Crippen LogP contribution in [0.15, 0.2) is 59.6 Å². The SMILES string of the molecule is CCNC(=NCC(=O)Nc1ccccc1)N1CCc2ccccc21. The van der Waals surface area contributed by atoms with E-state index in [2.05, 4.69) is 38.7 Å². The molecule has 5 heteroatoms. The molecule has 0 atom stereocenters. The first-order valence-electron chi connectivity index (χ1n) is 8.26. The van der Waals surface area contributed by atoms with E-state index >= 15 is 0 Å². The fourth-order valence-electron chi connectivity index (χ4n) is 2.82. The Hall–Kier alpha value is -2.82. The van der Waals surface area contributed by atoms with Crippen molar-refractivity contribution in [3.63, 3.8) is 0 Å². The minimum absolute atomic E-state index is 0.0931. The molecular formula is C19H22N4O. The molecule has 2 N–H and O–H groups in total. The number of benzene rings is 2. The third kappa shape index (κ3) is 3.74. The van der Waals surface area contributed by atoms with E-state index in [-0.39, 0.29) is 12.5 Å². The Morgan fingerprint density at radius 2 is 1.88 bits per heavy atom. The van der Waals surface area contributed by atoms with Crippen LogP contribution in [0.2, 0.25) is 0 Å². The predicted octanol–water partition coefficient (Wildman–Crippen LogP) is 2.65. The summed E-state index contributed by atoms with van der Waals surface area (Å²) in [5.41, 5.74) is 3.27. The number of guanidine groups is 1. The summed E-state index contributed by atoms with van der Waals surface area (Å²) in [4.78, 5) is 18.8. The standard InChI is InChI=1S/C19H22N4O/c1-2-20-19(23-13-12-15-8-6-7-11-17(15)23)21-14-18(24)22-16-9-4-3-5-10-16/h3-11H,2,12-14H2,1H3,(H,20,21)(H,22,24). The first kappa shape index (κ1) is 16.1. The lowest BCUT2D eigenvalue weighted by Gasteiger charge is -2.22. The molecule has 0 bridgehead atoms. The summed E-state index contributed by atoms with van der Waals surface area (Å²) in [5.74, 6) is 0.634. The van der Waals surface area contributed by atoms with Gasteiger partial charge >= 0.3 is 0 Å². The van der Waals surface area contributed by atoms with Gasteiger partial charge in [-0.1, -0.05) is 36.4 Å². The van der Waals surface area contributed by atoms with Crippen molar-refractivity contribution in [1.29, 1.82) is 0 Å². The van der Waals surface area contributed by atoms with Gasteiger partial charge < -0.3 is 15.5 Å². The summed E-state index contributed by atoms with van der Waals surface area (Å²) < 4.78 is 0. The number of hydrogen-bond acceptors (Lipinski definition) is 2. The highest BCUT2D eigenvalue weighted by Gasteiger charge is 2.22. The van der Waals surface area contributed by atoms with Crippen LogP contribution >= 0.6 is 0 Å². The number of nitrogens with zero attached hydrogens (tertiary/aromatic N) is 2. The van der Waals surface area contributed by atoms with Gasteiger partial charge in [0.2, 0.25) is 5.91 Å². The van der Waals surface area contributed by atoms with Gasteiger partial charge in [-0.2, -0.15) is 0 Å². The molecule has 2 aromatic rings. The summed E-state index contributed by atoms with van der Waals surface area (Å²) in [6.07, 6.45) is 0.997. The maximum atomic E-state index is 12.1. The summed E-state index contributed by atoms with van der Waals surface area (Å²) in [6.45, 7) is 3.76. The number of nitrogens with one attached hydrogen (secondary N) is 2. The van der Waals surface area contributed by atoms with Gasteiger partial charge in [0.05, 0.1) is 0 Å². The van der Waals surface area contributed by atoms with Crippen LogP contribution in [-0.2, 0) is 11.2 Å². The highest BCUT2D eigenvalue weighted by Crippen LogP contribution is 2.27. The summed E-state index contributed by atoms with van der Waals surface area (Å²) in [5, 5.41) is 6.14. The van der Waals surface area contributed by atoms with Crippen LogP contribution in [-0.4, -0.2) is 31.5 Å². The molecule has 0 radical (unpaired) electrons. The van der Waals surface area contributed by atoms with Crippen molar-refractivity contribution < 1.29 is 4.79 Å². The molecule has 0 fully saturated rings. The lowest BCUT2D eigenvalue weighted by Crippen LogP contribution is -2.41. The minimum atomic E-state index is -0.121. The van der Waals surface area contributed by atoms with Crippen molar-refractivity contribution in [2.75, 3.05) is 29.9 Å². The van der Waals surface area contributed by atoms with Crippen LogP contribution in [0.25, 0.3) is 0 Å². The largest absolute Gasteiger partial charge is 0.356 e. The second-order valence-corrected chi connectivity index (χ2v) is 5.61. The van der Waals surface area contributed by atoms with Crippen molar-refractivity contribution in [3.8, 4) is 0 Å². The van der Waals surface area contributed by atoms with Crippen molar-refractivity contribution >= 4 is 23.2 Å². The lowest BCUT2D eigenvalue weighted by molar-refractivity contribution is -0.114. The highest BCUT2D eigenvalue weighted by molar-refractivity contribution is 6.00. The highest BCUT2D eigenvalue weighted by atomic mass is 16.1. The summed E-state index contributed by atoms with van der Waals surface area (Å²) in [6, 6.07) is 17.8. The molecule has 2 aromatic carbocycles. The van der Waals surface area contributed by atoms with Crippen LogP contribution in [0.1, 0.15) is 12.5 Å². The molecule has 0 saturated carbocycles. The quantitative estimate of drug-likeness (QED) is 0.672. The second-order valence-electron chi connectivity index (χ2n) is 5.61. The Balaban J connectivity index is 1.69. The Morgan fingerprint density at radius 3 is 2.67 bits per heavy atom. The molecule has 0 aromatic heterocycles. The number of carbonyl (C=O) groups excluding carboxylic acids is 1. The fourth-order valence-corrected chi connectivity index (χ4v) is 2.82. The molecule has 1 aliphatic heterocycles. The Kier molecular flexibility index (Phi) is 5.11. The molecule has 5 nitrogen and oxygen atoms in total. The maximum absolute atomic E-state index is 12.1. The first-order chi connectivity index (χ1) is 11.8. The van der Waals surface area contributed by atoms with Crippen molar-refractivity contribution in [2.24, 2.45) is 4.99 Å². The molecule has 24 heavy (non-hydrogen) atoms. The minimum Gasteiger partial charge on any atom is -0.356 e. The smallest absolute Gasteiger partial charge is 0.246 e. The Labute approximate surface area is 142 Å². The summed E-state index contributed by atoms with van der Waals surface area (Å²) >= 11 is 0. The van der Waals surface area contributed by atoms with E-state index in [0.29, 0.717) is 0 Å². The van der Waals surface area contributed by atoms with Gasteiger partial charge in [-0.3, -0.25) is 4.79 Å². The van der Waals surface area contributed by atoms with Crippen LogP contribution in [0.3, 0.4) is 0 Å². The molecule has 3 rings (SSSR count). The van der Waals surface area contributed by atoms with Gasteiger partial charge in [0.15, 0.2) is 5.96 Å². The topological polar surface area (TPSA) is 56.7 Å². The fraction of sp³-hybridized carbons (Fsp3) is 0.263. The zero-order chi connectivity index (χ0) is 16.8. The van der Waals surface area contributed by atoms with Crippen LogP contribution < -0.4 is 15.5 Å². The van der Waals surface area contributed by atoms with Crippen molar-refractivity contribution in [3.05, 3.63) is 60.2 Å². The number of anilines is 2. The second kappa shape index (κ2) is 7.64. The average molecular weight is 322 g/mol. The van der Waals surface area contributed by atoms with E-state index in [1.54, 1.807) is 0 Å². The number of aliphatic imine (C=N–C) groups is 1. The Bertz CT molecular complexity index is 727. The van der Waals surface area contributed by atoms with Crippen LogP contribution in [0, 0.1) is 0 Å². The van der Waals surface area contributed by atoms with E-state index in [1.807, 2.05) is 43.3 Å². The van der Waals surface area contributed by atoms with Gasteiger partial charge in [0.25, 0.3) is 0 Å². The van der Waals surface area contributed by atoms with Gasteiger partial charge in [0, 0.05) is 24.5 Å². The van der Waals surface area contributed by atoms with E-state index in [0.717, 1.165) is 31.2 Å². The predicted molar refractivity (Wildman–Crippen MR) is 98.5 cm³/mol. The van der Waals surface area contributed by atoms with E-state index in [4.69, 9.17) is 0 Å². The molecule has 1 amide bonds. The van der Waals surface area contributed by atoms with Gasteiger partial charge in [0.1, 0.15) is 6.54 Å². The molecule has 0 unspecified atom stereocenters. The lowest BCUT2D eigenvalue weighted by atomic mass is 10.2. The van der Waals surface area contributed by atoms with Gasteiger partial charge in [-0.25, -0.2) is 4.99 Å². The third-order valence-corrected chi connectivity index (χ3v) is 3.91. The van der Waals surface area contributed by atoms with Crippen molar-refractivity contribution in [2.45, 2.75) is 13.3 Å². The number of rotatable bonds is 4. The van der Waals surface area contributed by atoms with Crippen LogP contribution in [0.5, 0.6) is 0 Å². The zero-order valence-electron chi connectivity index (χ0n) is 13.8. The maximum Gasteiger partial charge on any atom is 0.246 e. The average Bonchev–Trinajstić information content (AvgIpc) is 3.03. The number of hydrogen-bond donors (Lipinski definition) is 2. The molecule has 1 aliphatic rings. The number of fused-ring (bicyclic) bond motifs is 1. The molecule has 0 saturated heterocycles. The first-order valence-corrected chi connectivity index (χ1v) is 8.26. The third-order valence-electron chi connectivity index (χ3n) is 3.91. The number of amides is 1. The van der Waals surface area contributed by atoms with Crippen LogP contribution in [0.4, 0.5) is 11.4 Å². The summed E-state index contributed by atoms with van der Waals surface area (Å²) in [7, 11) is 0. The molecule has 0 aliphatic carbocycles. The van der Waals surface area contributed by atoms with E-state index in [1.165, 1.54) is 11.3 Å².